The first-order valence-electron chi connectivity index (χ1n) is 7.20. The predicted octanol–water partition coefficient (Wildman–Crippen LogP) is 0.964. The molecule has 0 fully saturated rings. The maximum Gasteiger partial charge on any atom is 0.0975 e. The first-order valence-corrected chi connectivity index (χ1v) is 7.20. The third-order valence-electron chi connectivity index (χ3n) is 2.52. The summed E-state index contributed by atoms with van der Waals surface area (Å²) in [5.74, 6) is 0. The van der Waals surface area contributed by atoms with Crippen LogP contribution in [0.1, 0.15) is 19.8 Å². The molecule has 1 atom stereocenters. The molecule has 0 aromatic heterocycles. The Bertz CT molecular complexity index is 234. The van der Waals surface area contributed by atoms with Crippen molar-refractivity contribution in [2.45, 2.75) is 25.8 Å². The van der Waals surface area contributed by atoms with Gasteiger partial charge in [-0.2, -0.15) is 5.26 Å². The van der Waals surface area contributed by atoms with Gasteiger partial charge in [0.1, 0.15) is 0 Å². The Kier molecular flexibility index (Phi) is 15.8. The minimum atomic E-state index is -0.120. The molecule has 0 aliphatic carbocycles. The molecule has 0 aliphatic rings. The number of rotatable bonds is 15. The van der Waals surface area contributed by atoms with Crippen molar-refractivity contribution in [1.82, 2.24) is 5.32 Å². The maximum atomic E-state index is 8.90. The Morgan fingerprint density at radius 1 is 0.950 bits per heavy atom. The lowest BCUT2D eigenvalue weighted by molar-refractivity contribution is 0.00304. The molecule has 20 heavy (non-hydrogen) atoms. The third-order valence-corrected chi connectivity index (χ3v) is 2.52. The van der Waals surface area contributed by atoms with E-state index in [4.69, 9.17) is 24.2 Å². The highest BCUT2D eigenvalue weighted by molar-refractivity contribution is 4.89. The highest BCUT2D eigenvalue weighted by Gasteiger charge is 2.04. The number of nitrogens with one attached hydrogen (secondary N) is 1. The summed E-state index contributed by atoms with van der Waals surface area (Å²) < 4.78 is 20.9. The Balaban J connectivity index is 3.17. The lowest BCUT2D eigenvalue weighted by Gasteiger charge is -2.11. The second kappa shape index (κ2) is 16.3. The standard InChI is InChI=1S/C14H28N2O4/c1-3-5-16-14(13-15)4-6-18-9-10-20-12-11-19-8-7-17-2/h14,16H,3-12H2,1-2H3. The summed E-state index contributed by atoms with van der Waals surface area (Å²) in [6.07, 6.45) is 1.73. The van der Waals surface area contributed by atoms with Gasteiger partial charge in [0.15, 0.2) is 0 Å². The van der Waals surface area contributed by atoms with Crippen molar-refractivity contribution in [3.8, 4) is 6.07 Å². The maximum absolute atomic E-state index is 8.90. The number of nitriles is 1. The van der Waals surface area contributed by atoms with Crippen molar-refractivity contribution in [3.05, 3.63) is 0 Å². The minimum absolute atomic E-state index is 0.120. The summed E-state index contributed by atoms with van der Waals surface area (Å²) >= 11 is 0. The van der Waals surface area contributed by atoms with Gasteiger partial charge in [0.25, 0.3) is 0 Å². The van der Waals surface area contributed by atoms with Gasteiger partial charge in [0, 0.05) is 13.7 Å². The highest BCUT2D eigenvalue weighted by atomic mass is 16.6. The number of hydrogen-bond acceptors (Lipinski definition) is 6. The molecule has 0 aliphatic heterocycles. The molecular formula is C14H28N2O4. The molecule has 0 amide bonds. The van der Waals surface area contributed by atoms with E-state index in [1.165, 1.54) is 0 Å². The number of nitrogens with zero attached hydrogens (tertiary/aromatic N) is 1. The molecule has 6 nitrogen and oxygen atoms in total. The van der Waals surface area contributed by atoms with E-state index in [1.54, 1.807) is 7.11 Å². The molecule has 0 spiro atoms. The Morgan fingerprint density at radius 2 is 1.50 bits per heavy atom. The zero-order valence-corrected chi connectivity index (χ0v) is 12.7. The van der Waals surface area contributed by atoms with Gasteiger partial charge in [-0.25, -0.2) is 0 Å². The SMILES string of the molecule is CCCNC(C#N)CCOCCOCCOCCOC. The molecule has 0 saturated carbocycles. The summed E-state index contributed by atoms with van der Waals surface area (Å²) in [5.41, 5.74) is 0. The molecule has 0 heterocycles. The van der Waals surface area contributed by atoms with Crippen molar-refractivity contribution < 1.29 is 18.9 Å². The van der Waals surface area contributed by atoms with Crippen LogP contribution in [0.4, 0.5) is 0 Å². The van der Waals surface area contributed by atoms with Gasteiger partial charge in [-0.3, -0.25) is 0 Å². The Morgan fingerprint density at radius 3 is 2.00 bits per heavy atom. The van der Waals surface area contributed by atoms with Crippen LogP contribution in [0.3, 0.4) is 0 Å². The molecule has 0 rings (SSSR count). The van der Waals surface area contributed by atoms with Crippen molar-refractivity contribution in [2.75, 3.05) is 59.9 Å². The number of ether oxygens (including phenoxy) is 4. The van der Waals surface area contributed by atoms with Crippen LogP contribution in [0.2, 0.25) is 0 Å². The lowest BCUT2D eigenvalue weighted by atomic mass is 10.2. The fourth-order valence-corrected chi connectivity index (χ4v) is 1.42. The van der Waals surface area contributed by atoms with Crippen molar-refractivity contribution in [1.29, 1.82) is 5.26 Å². The summed E-state index contributed by atoms with van der Waals surface area (Å²) in [6, 6.07) is 2.10. The molecule has 6 heteroatoms. The van der Waals surface area contributed by atoms with Crippen LogP contribution in [0.25, 0.3) is 0 Å². The fraction of sp³-hybridized carbons (Fsp3) is 0.929. The summed E-state index contributed by atoms with van der Waals surface area (Å²) in [4.78, 5) is 0. The van der Waals surface area contributed by atoms with Gasteiger partial charge in [0.2, 0.25) is 0 Å². The largest absolute Gasteiger partial charge is 0.382 e. The highest BCUT2D eigenvalue weighted by Crippen LogP contribution is 1.92. The number of hydrogen-bond donors (Lipinski definition) is 1. The van der Waals surface area contributed by atoms with E-state index >= 15 is 0 Å². The van der Waals surface area contributed by atoms with Gasteiger partial charge < -0.3 is 24.3 Å². The van der Waals surface area contributed by atoms with E-state index in [1.807, 2.05) is 0 Å². The first-order chi connectivity index (χ1) is 9.85. The lowest BCUT2D eigenvalue weighted by Crippen LogP contribution is -2.29. The van der Waals surface area contributed by atoms with Crippen LogP contribution in [0, 0.1) is 11.3 Å². The van der Waals surface area contributed by atoms with Crippen LogP contribution in [-0.4, -0.2) is 65.9 Å². The van der Waals surface area contributed by atoms with E-state index in [0.29, 0.717) is 52.7 Å². The molecule has 0 saturated heterocycles. The number of methoxy groups -OCH3 is 1. The van der Waals surface area contributed by atoms with Gasteiger partial charge in [-0.05, 0) is 19.4 Å². The van der Waals surface area contributed by atoms with E-state index in [9.17, 15) is 0 Å². The zero-order valence-electron chi connectivity index (χ0n) is 12.7. The van der Waals surface area contributed by atoms with Crippen LogP contribution in [0.5, 0.6) is 0 Å². The van der Waals surface area contributed by atoms with Gasteiger partial charge >= 0.3 is 0 Å². The smallest absolute Gasteiger partial charge is 0.0975 e. The second-order valence-corrected chi connectivity index (χ2v) is 4.25. The molecule has 1 N–H and O–H groups in total. The molecule has 118 valence electrons. The van der Waals surface area contributed by atoms with Gasteiger partial charge in [-0.15, -0.1) is 0 Å². The molecular weight excluding hydrogens is 260 g/mol. The van der Waals surface area contributed by atoms with Crippen molar-refractivity contribution in [2.24, 2.45) is 0 Å². The van der Waals surface area contributed by atoms with Crippen molar-refractivity contribution in [3.63, 3.8) is 0 Å². The Labute approximate surface area is 122 Å². The average Bonchev–Trinajstić information content (AvgIpc) is 2.48. The summed E-state index contributed by atoms with van der Waals surface area (Å²) in [5, 5.41) is 12.1. The topological polar surface area (TPSA) is 72.7 Å². The van der Waals surface area contributed by atoms with Gasteiger partial charge in [0.05, 0.1) is 51.8 Å². The van der Waals surface area contributed by atoms with E-state index in [0.717, 1.165) is 13.0 Å². The monoisotopic (exact) mass is 288 g/mol. The molecule has 0 bridgehead atoms. The quantitative estimate of drug-likeness (QED) is 0.453. The van der Waals surface area contributed by atoms with Crippen LogP contribution < -0.4 is 5.32 Å². The fourth-order valence-electron chi connectivity index (χ4n) is 1.42. The van der Waals surface area contributed by atoms with Crippen LogP contribution in [-0.2, 0) is 18.9 Å². The van der Waals surface area contributed by atoms with Crippen molar-refractivity contribution >= 4 is 0 Å². The van der Waals surface area contributed by atoms with E-state index in [-0.39, 0.29) is 6.04 Å². The predicted molar refractivity (Wildman–Crippen MR) is 76.6 cm³/mol. The molecule has 0 aromatic rings. The Hall–Kier alpha value is -0.710. The third kappa shape index (κ3) is 13.7. The molecule has 0 aromatic carbocycles. The summed E-state index contributed by atoms with van der Waals surface area (Å²) in [6.45, 7) is 6.94. The zero-order chi connectivity index (χ0) is 14.9. The average molecular weight is 288 g/mol. The summed E-state index contributed by atoms with van der Waals surface area (Å²) in [7, 11) is 1.64. The molecule has 0 radical (unpaired) electrons. The van der Waals surface area contributed by atoms with E-state index in [2.05, 4.69) is 18.3 Å². The van der Waals surface area contributed by atoms with Gasteiger partial charge in [-0.1, -0.05) is 6.92 Å². The second-order valence-electron chi connectivity index (χ2n) is 4.25. The van der Waals surface area contributed by atoms with E-state index < -0.39 is 0 Å². The van der Waals surface area contributed by atoms with Crippen LogP contribution in [0.15, 0.2) is 0 Å². The van der Waals surface area contributed by atoms with Crippen LogP contribution >= 0.6 is 0 Å². The first kappa shape index (κ1) is 19.3. The minimum Gasteiger partial charge on any atom is -0.382 e. The normalized spacial score (nSPS) is 12.2. The molecule has 1 unspecified atom stereocenters.